The van der Waals surface area contributed by atoms with Crippen molar-refractivity contribution in [2.45, 2.75) is 58.7 Å². The van der Waals surface area contributed by atoms with E-state index in [0.29, 0.717) is 12.4 Å². The van der Waals surface area contributed by atoms with Crippen LogP contribution in [0.5, 0.6) is 0 Å². The number of tetrazole rings is 1. The first-order valence-electron chi connectivity index (χ1n) is 9.72. The van der Waals surface area contributed by atoms with Crippen molar-refractivity contribution in [2.24, 2.45) is 0 Å². The molecule has 3 aromatic heterocycles. The first kappa shape index (κ1) is 18.3. The van der Waals surface area contributed by atoms with Gasteiger partial charge in [-0.25, -0.2) is 0 Å². The predicted octanol–water partition coefficient (Wildman–Crippen LogP) is 2.65. The van der Waals surface area contributed by atoms with Gasteiger partial charge in [0.1, 0.15) is 0 Å². The molecule has 1 saturated carbocycles. The fourth-order valence-electron chi connectivity index (χ4n) is 4.07. The van der Waals surface area contributed by atoms with Gasteiger partial charge < -0.3 is 9.47 Å². The molecule has 1 amide bonds. The predicted molar refractivity (Wildman–Crippen MR) is 104 cm³/mol. The molecule has 1 N–H and O–H groups in total. The lowest BCUT2D eigenvalue weighted by Crippen LogP contribution is -2.38. The van der Waals surface area contributed by atoms with Crippen LogP contribution in [0.15, 0.2) is 30.6 Å². The molecule has 1 fully saturated rings. The Kier molecular flexibility index (Phi) is 5.18. The zero-order valence-corrected chi connectivity index (χ0v) is 16.3. The smallest absolute Gasteiger partial charge is 0.256 e. The number of nitrogens with one attached hydrogen (secondary N) is 1. The summed E-state index contributed by atoms with van der Waals surface area (Å²) in [5.41, 5.74) is 3.97. The number of H-pyrrole nitrogens is 1. The van der Waals surface area contributed by atoms with Crippen LogP contribution >= 0.6 is 0 Å². The van der Waals surface area contributed by atoms with Gasteiger partial charge in [-0.05, 0) is 50.5 Å². The third kappa shape index (κ3) is 3.67. The molecule has 0 atom stereocenters. The van der Waals surface area contributed by atoms with Gasteiger partial charge in [0.25, 0.3) is 5.91 Å². The van der Waals surface area contributed by atoms with E-state index in [1.54, 1.807) is 12.4 Å². The van der Waals surface area contributed by atoms with Crippen molar-refractivity contribution in [2.75, 3.05) is 0 Å². The summed E-state index contributed by atoms with van der Waals surface area (Å²) in [7, 11) is 0. The van der Waals surface area contributed by atoms with Gasteiger partial charge in [0.15, 0.2) is 5.82 Å². The molecular formula is C20H25N7O. The van der Waals surface area contributed by atoms with Crippen LogP contribution in [-0.2, 0) is 13.1 Å². The van der Waals surface area contributed by atoms with Gasteiger partial charge in [-0.2, -0.15) is 5.21 Å². The summed E-state index contributed by atoms with van der Waals surface area (Å²) in [6, 6.07) is 6.23. The first-order chi connectivity index (χ1) is 13.6. The Bertz CT molecular complexity index is 927. The highest BCUT2D eigenvalue weighted by Gasteiger charge is 2.30. The normalized spacial score (nSPS) is 14.5. The maximum absolute atomic E-state index is 13.5. The number of aromatic amines is 1. The highest BCUT2D eigenvalue weighted by molar-refractivity contribution is 5.96. The molecular weight excluding hydrogens is 354 g/mol. The van der Waals surface area contributed by atoms with E-state index in [-0.39, 0.29) is 11.9 Å². The number of aromatic nitrogens is 6. The van der Waals surface area contributed by atoms with Crippen molar-refractivity contribution in [3.8, 4) is 0 Å². The number of hydrogen-bond donors (Lipinski definition) is 1. The van der Waals surface area contributed by atoms with Crippen molar-refractivity contribution in [1.82, 2.24) is 35.1 Å². The number of pyridine rings is 1. The Labute approximate surface area is 164 Å². The van der Waals surface area contributed by atoms with E-state index in [1.807, 2.05) is 36.9 Å². The summed E-state index contributed by atoms with van der Waals surface area (Å²) in [5.74, 6) is 0.594. The van der Waals surface area contributed by atoms with Gasteiger partial charge in [-0.15, -0.1) is 10.2 Å². The number of carbonyl (C=O) groups excluding carboxylic acids is 1. The number of carbonyl (C=O) groups is 1. The fourth-order valence-corrected chi connectivity index (χ4v) is 4.07. The quantitative estimate of drug-likeness (QED) is 0.711. The Balaban J connectivity index is 1.62. The highest BCUT2D eigenvalue weighted by atomic mass is 16.2. The maximum Gasteiger partial charge on any atom is 0.256 e. The molecule has 3 aromatic rings. The number of rotatable bonds is 6. The molecule has 8 heteroatoms. The molecule has 1 aliphatic rings. The molecule has 0 bridgehead atoms. The largest absolute Gasteiger partial charge is 0.344 e. The van der Waals surface area contributed by atoms with Gasteiger partial charge in [-0.1, -0.05) is 18.1 Å². The molecule has 0 aliphatic heterocycles. The summed E-state index contributed by atoms with van der Waals surface area (Å²) in [4.78, 5) is 19.5. The molecule has 146 valence electrons. The molecule has 3 heterocycles. The maximum atomic E-state index is 13.5. The Morgan fingerprint density at radius 1 is 1.25 bits per heavy atom. The van der Waals surface area contributed by atoms with Crippen LogP contribution in [-0.4, -0.2) is 47.0 Å². The van der Waals surface area contributed by atoms with Crippen LogP contribution in [0.3, 0.4) is 0 Å². The zero-order valence-electron chi connectivity index (χ0n) is 16.3. The first-order valence-corrected chi connectivity index (χ1v) is 9.72. The summed E-state index contributed by atoms with van der Waals surface area (Å²) < 4.78 is 2.18. The second kappa shape index (κ2) is 7.92. The van der Waals surface area contributed by atoms with E-state index in [1.165, 1.54) is 0 Å². The van der Waals surface area contributed by atoms with Gasteiger partial charge in [0, 0.05) is 36.4 Å². The third-order valence-electron chi connectivity index (χ3n) is 5.62. The van der Waals surface area contributed by atoms with E-state index in [9.17, 15) is 4.79 Å². The molecule has 0 unspecified atom stereocenters. The van der Waals surface area contributed by atoms with Crippen molar-refractivity contribution in [3.05, 3.63) is 58.9 Å². The van der Waals surface area contributed by atoms with Crippen LogP contribution in [0.25, 0.3) is 0 Å². The van der Waals surface area contributed by atoms with Crippen LogP contribution in [0.1, 0.15) is 58.8 Å². The highest BCUT2D eigenvalue weighted by Crippen LogP contribution is 2.27. The molecule has 1 aliphatic carbocycles. The Morgan fingerprint density at radius 2 is 2.00 bits per heavy atom. The minimum absolute atomic E-state index is 0.0470. The molecule has 4 rings (SSSR count). The standard InChI is InChI=1S/C20H25N7O/c1-14-11-18(15(2)26(14)12-16-7-9-21-10-8-16)20(28)27(17-5-3-4-6-17)13-19-22-24-25-23-19/h7-11,17H,3-6,12-13H2,1-2H3,(H,22,23,24,25). The van der Waals surface area contributed by atoms with Crippen molar-refractivity contribution in [3.63, 3.8) is 0 Å². The third-order valence-corrected chi connectivity index (χ3v) is 5.62. The molecule has 28 heavy (non-hydrogen) atoms. The fraction of sp³-hybridized carbons (Fsp3) is 0.450. The molecule has 0 radical (unpaired) electrons. The lowest BCUT2D eigenvalue weighted by molar-refractivity contribution is 0.0658. The number of hydrogen-bond acceptors (Lipinski definition) is 5. The van der Waals surface area contributed by atoms with Crippen molar-refractivity contribution in [1.29, 1.82) is 0 Å². The van der Waals surface area contributed by atoms with Crippen LogP contribution in [0, 0.1) is 13.8 Å². The summed E-state index contributed by atoms with van der Waals surface area (Å²) in [6.07, 6.45) is 7.95. The SMILES string of the molecule is Cc1cc(C(=O)N(Cc2nn[nH]n2)C2CCCC2)c(C)n1Cc1ccncc1. The Morgan fingerprint density at radius 3 is 2.68 bits per heavy atom. The topological polar surface area (TPSA) is 92.6 Å². The summed E-state index contributed by atoms with van der Waals surface area (Å²) >= 11 is 0. The van der Waals surface area contributed by atoms with Crippen molar-refractivity contribution >= 4 is 5.91 Å². The number of aryl methyl sites for hydroxylation is 1. The molecule has 0 aromatic carbocycles. The monoisotopic (exact) mass is 379 g/mol. The van der Waals surface area contributed by atoms with E-state index in [2.05, 4.69) is 30.2 Å². The lowest BCUT2D eigenvalue weighted by Gasteiger charge is -2.28. The van der Waals surface area contributed by atoms with Gasteiger partial charge in [0.05, 0.1) is 12.1 Å². The molecule has 0 spiro atoms. The van der Waals surface area contributed by atoms with E-state index in [0.717, 1.165) is 54.7 Å². The summed E-state index contributed by atoms with van der Waals surface area (Å²) in [6.45, 7) is 5.17. The van der Waals surface area contributed by atoms with Gasteiger partial charge in [-0.3, -0.25) is 9.78 Å². The summed E-state index contributed by atoms with van der Waals surface area (Å²) in [5, 5.41) is 14.2. The zero-order chi connectivity index (χ0) is 19.5. The molecule has 0 saturated heterocycles. The van der Waals surface area contributed by atoms with E-state index < -0.39 is 0 Å². The Hall–Kier alpha value is -3.03. The second-order valence-corrected chi connectivity index (χ2v) is 7.43. The minimum atomic E-state index is 0.0470. The number of nitrogens with zero attached hydrogens (tertiary/aromatic N) is 6. The van der Waals surface area contributed by atoms with Gasteiger partial charge in [0.2, 0.25) is 0 Å². The minimum Gasteiger partial charge on any atom is -0.344 e. The van der Waals surface area contributed by atoms with E-state index >= 15 is 0 Å². The average Bonchev–Trinajstić information content (AvgIpc) is 3.45. The lowest BCUT2D eigenvalue weighted by atomic mass is 10.1. The van der Waals surface area contributed by atoms with Gasteiger partial charge >= 0.3 is 0 Å². The van der Waals surface area contributed by atoms with Crippen LogP contribution in [0.2, 0.25) is 0 Å². The van der Waals surface area contributed by atoms with Crippen LogP contribution < -0.4 is 0 Å². The van der Waals surface area contributed by atoms with E-state index in [4.69, 9.17) is 0 Å². The average molecular weight is 379 g/mol. The molecule has 8 nitrogen and oxygen atoms in total. The van der Waals surface area contributed by atoms with Crippen molar-refractivity contribution < 1.29 is 4.79 Å². The number of amides is 1. The second-order valence-electron chi connectivity index (χ2n) is 7.43. The van der Waals surface area contributed by atoms with Crippen LogP contribution in [0.4, 0.5) is 0 Å².